The van der Waals surface area contributed by atoms with Crippen LogP contribution in [-0.2, 0) is 10.0 Å². The van der Waals surface area contributed by atoms with Crippen molar-refractivity contribution in [3.05, 3.63) is 28.6 Å². The van der Waals surface area contributed by atoms with Crippen molar-refractivity contribution in [3.63, 3.8) is 0 Å². The summed E-state index contributed by atoms with van der Waals surface area (Å²) in [6.07, 6.45) is -0.182. The van der Waals surface area contributed by atoms with E-state index in [2.05, 4.69) is 11.3 Å². The van der Waals surface area contributed by atoms with Gasteiger partial charge in [-0.1, -0.05) is 44.0 Å². The highest BCUT2D eigenvalue weighted by atomic mass is 35.5. The molecule has 1 heterocycles. The Hall–Kier alpha value is -0.400. The summed E-state index contributed by atoms with van der Waals surface area (Å²) in [7, 11) is -3.69. The highest BCUT2D eigenvalue weighted by Crippen LogP contribution is 2.27. The molecule has 3 atom stereocenters. The molecular weight excluding hydrogens is 318 g/mol. The molecule has 20 heavy (non-hydrogen) atoms. The quantitative estimate of drug-likeness (QED) is 0.751. The third kappa shape index (κ3) is 4.30. The van der Waals surface area contributed by atoms with Gasteiger partial charge in [0.1, 0.15) is 4.21 Å². The summed E-state index contributed by atoms with van der Waals surface area (Å²) in [4.78, 5) is 0. The fraction of sp³-hybridized carbons (Fsp3) is 0.538. The van der Waals surface area contributed by atoms with Gasteiger partial charge >= 0.3 is 0 Å². The van der Waals surface area contributed by atoms with Gasteiger partial charge < -0.3 is 5.11 Å². The number of halogens is 1. The van der Waals surface area contributed by atoms with E-state index in [9.17, 15) is 13.5 Å². The second kappa shape index (κ2) is 7.04. The zero-order valence-corrected chi connectivity index (χ0v) is 14.1. The molecule has 1 rings (SSSR count). The molecule has 4 nitrogen and oxygen atoms in total. The first kappa shape index (κ1) is 17.7. The van der Waals surface area contributed by atoms with Crippen molar-refractivity contribution in [2.45, 2.75) is 43.5 Å². The second-order valence-electron chi connectivity index (χ2n) is 4.88. The summed E-state index contributed by atoms with van der Waals surface area (Å²) in [5.41, 5.74) is 0.530. The van der Waals surface area contributed by atoms with E-state index in [-0.39, 0.29) is 10.1 Å². The number of aliphatic hydroxyl groups excluding tert-OH is 1. The molecule has 0 aliphatic carbocycles. The Balaban J connectivity index is 3.03. The summed E-state index contributed by atoms with van der Waals surface area (Å²) in [5.74, 6) is -0.0214. The minimum atomic E-state index is -3.69. The molecule has 1 aromatic heterocycles. The Morgan fingerprint density at radius 1 is 1.55 bits per heavy atom. The van der Waals surface area contributed by atoms with Crippen LogP contribution in [0, 0.1) is 5.92 Å². The molecule has 0 bridgehead atoms. The fourth-order valence-corrected chi connectivity index (χ4v) is 4.58. The van der Waals surface area contributed by atoms with Gasteiger partial charge in [0.25, 0.3) is 0 Å². The number of sulfonamides is 1. The first-order valence-electron chi connectivity index (χ1n) is 6.30. The van der Waals surface area contributed by atoms with Crippen molar-refractivity contribution >= 4 is 33.0 Å². The Morgan fingerprint density at radius 2 is 2.15 bits per heavy atom. The van der Waals surface area contributed by atoms with Crippen LogP contribution in [0.15, 0.2) is 28.5 Å². The van der Waals surface area contributed by atoms with Gasteiger partial charge in [0.2, 0.25) is 10.0 Å². The molecular formula is C13H20ClNO3S2. The van der Waals surface area contributed by atoms with Crippen molar-refractivity contribution in [1.29, 1.82) is 0 Å². The van der Waals surface area contributed by atoms with E-state index >= 15 is 0 Å². The molecule has 0 saturated heterocycles. The zero-order chi connectivity index (χ0) is 15.5. The van der Waals surface area contributed by atoms with E-state index in [0.29, 0.717) is 9.91 Å². The summed E-state index contributed by atoms with van der Waals surface area (Å²) in [6.45, 7) is 9.21. The Labute approximate surface area is 129 Å². The van der Waals surface area contributed by atoms with Gasteiger partial charge in [0.15, 0.2) is 0 Å². The van der Waals surface area contributed by atoms with Crippen molar-refractivity contribution in [2.24, 2.45) is 5.92 Å². The summed E-state index contributed by atoms with van der Waals surface area (Å²) < 4.78 is 27.7. The van der Waals surface area contributed by atoms with Crippen molar-refractivity contribution < 1.29 is 13.5 Å². The second-order valence-corrected chi connectivity index (χ2v) is 8.54. The molecule has 0 aliphatic rings. The van der Waals surface area contributed by atoms with Gasteiger partial charge in [-0.2, -0.15) is 0 Å². The third-order valence-corrected chi connectivity index (χ3v) is 6.39. The minimum absolute atomic E-state index is 0.0214. The zero-order valence-electron chi connectivity index (χ0n) is 11.8. The first-order chi connectivity index (χ1) is 9.19. The van der Waals surface area contributed by atoms with E-state index in [1.807, 2.05) is 13.8 Å². The van der Waals surface area contributed by atoms with E-state index in [0.717, 1.165) is 17.8 Å². The van der Waals surface area contributed by atoms with E-state index < -0.39 is 22.2 Å². The smallest absolute Gasteiger partial charge is 0.250 e. The van der Waals surface area contributed by atoms with Gasteiger partial charge in [-0.25, -0.2) is 13.1 Å². The first-order valence-corrected chi connectivity index (χ1v) is 8.98. The van der Waals surface area contributed by atoms with Crippen LogP contribution in [0.4, 0.5) is 0 Å². The lowest BCUT2D eigenvalue weighted by atomic mass is 9.92. The maximum Gasteiger partial charge on any atom is 0.250 e. The number of hydrogen-bond acceptors (Lipinski definition) is 4. The highest BCUT2D eigenvalue weighted by Gasteiger charge is 2.30. The highest BCUT2D eigenvalue weighted by molar-refractivity contribution is 7.91. The van der Waals surface area contributed by atoms with Crippen LogP contribution in [-0.4, -0.2) is 25.7 Å². The molecule has 114 valence electrons. The monoisotopic (exact) mass is 337 g/mol. The average Bonchev–Trinajstić information content (AvgIpc) is 2.81. The maximum absolute atomic E-state index is 12.3. The molecule has 2 N–H and O–H groups in total. The van der Waals surface area contributed by atoms with Crippen LogP contribution in [0.2, 0.25) is 4.34 Å². The fourth-order valence-electron chi connectivity index (χ4n) is 1.73. The van der Waals surface area contributed by atoms with Crippen LogP contribution in [0.3, 0.4) is 0 Å². The van der Waals surface area contributed by atoms with Gasteiger partial charge in [0.05, 0.1) is 16.5 Å². The summed E-state index contributed by atoms with van der Waals surface area (Å²) >= 11 is 6.76. The topological polar surface area (TPSA) is 66.4 Å². The van der Waals surface area contributed by atoms with Gasteiger partial charge in [0, 0.05) is 0 Å². The number of nitrogens with one attached hydrogen (secondary N) is 1. The number of hydrogen-bond donors (Lipinski definition) is 2. The predicted octanol–water partition coefficient (Wildman–Crippen LogP) is 3.03. The molecule has 0 aliphatic heterocycles. The van der Waals surface area contributed by atoms with E-state index in [1.54, 1.807) is 6.92 Å². The van der Waals surface area contributed by atoms with Crippen LogP contribution >= 0.6 is 22.9 Å². The minimum Gasteiger partial charge on any atom is -0.387 e. The molecule has 1 unspecified atom stereocenters. The van der Waals surface area contributed by atoms with Crippen LogP contribution < -0.4 is 4.72 Å². The SMILES string of the molecule is C=C(C)[C@@H](O)C(NS(=O)(=O)c1ccc(Cl)s1)[C@@H](C)CC. The maximum atomic E-state index is 12.3. The largest absolute Gasteiger partial charge is 0.387 e. The lowest BCUT2D eigenvalue weighted by molar-refractivity contribution is 0.143. The summed E-state index contributed by atoms with van der Waals surface area (Å²) in [6, 6.07) is 2.38. The average molecular weight is 338 g/mol. The molecule has 0 fully saturated rings. The van der Waals surface area contributed by atoms with Gasteiger partial charge in [-0.15, -0.1) is 11.3 Å². The molecule has 0 spiro atoms. The van der Waals surface area contributed by atoms with E-state index in [4.69, 9.17) is 11.6 Å². The molecule has 0 aromatic carbocycles. The molecule has 0 radical (unpaired) electrons. The number of thiophene rings is 1. The van der Waals surface area contributed by atoms with Crippen molar-refractivity contribution in [1.82, 2.24) is 4.72 Å². The lowest BCUT2D eigenvalue weighted by Gasteiger charge is -2.28. The standard InChI is InChI=1S/C13H20ClNO3S2/c1-5-9(4)12(13(16)8(2)3)15-20(17,18)11-7-6-10(14)19-11/h6-7,9,12-13,15-16H,2,5H2,1,3-4H3/t9-,12?,13+/m0/s1. The van der Waals surface area contributed by atoms with Crippen LogP contribution in [0.5, 0.6) is 0 Å². The van der Waals surface area contributed by atoms with E-state index in [1.165, 1.54) is 12.1 Å². The van der Waals surface area contributed by atoms with Crippen molar-refractivity contribution in [3.8, 4) is 0 Å². The third-order valence-electron chi connectivity index (χ3n) is 3.21. The number of aliphatic hydroxyl groups is 1. The van der Waals surface area contributed by atoms with Crippen molar-refractivity contribution in [2.75, 3.05) is 0 Å². The Bertz CT molecular complexity index is 568. The molecule has 0 saturated carbocycles. The van der Waals surface area contributed by atoms with Gasteiger partial charge in [-0.05, 0) is 25.0 Å². The normalized spacial score (nSPS) is 16.6. The van der Waals surface area contributed by atoms with Crippen LogP contribution in [0.1, 0.15) is 27.2 Å². The molecule has 0 amide bonds. The Morgan fingerprint density at radius 3 is 2.55 bits per heavy atom. The predicted molar refractivity (Wildman–Crippen MR) is 83.7 cm³/mol. The summed E-state index contributed by atoms with van der Waals surface area (Å²) in [5, 5.41) is 10.2. The Kier molecular flexibility index (Phi) is 6.22. The molecule has 7 heteroatoms. The number of rotatable bonds is 7. The van der Waals surface area contributed by atoms with Crippen LogP contribution in [0.25, 0.3) is 0 Å². The lowest BCUT2D eigenvalue weighted by Crippen LogP contribution is -2.47. The molecule has 1 aromatic rings. The van der Waals surface area contributed by atoms with Gasteiger partial charge in [-0.3, -0.25) is 0 Å².